The standard InChI is InChI=1S/C13H11ClFNO2/c1-18-13-8-16(11(7-14)6-12(13)17)10-4-2-9(15)3-5-10/h2-6,8H,7H2,1H3. The van der Waals surface area contributed by atoms with E-state index in [0.717, 1.165) is 0 Å². The highest BCUT2D eigenvalue weighted by Crippen LogP contribution is 2.16. The lowest BCUT2D eigenvalue weighted by atomic mass is 10.2. The predicted octanol–water partition coefficient (Wildman–Crippen LogP) is 2.72. The van der Waals surface area contributed by atoms with E-state index in [0.29, 0.717) is 11.4 Å². The van der Waals surface area contributed by atoms with E-state index in [4.69, 9.17) is 16.3 Å². The number of benzene rings is 1. The smallest absolute Gasteiger partial charge is 0.223 e. The van der Waals surface area contributed by atoms with Crippen LogP contribution in [0, 0.1) is 5.82 Å². The van der Waals surface area contributed by atoms with Gasteiger partial charge in [-0.3, -0.25) is 4.79 Å². The fourth-order valence-corrected chi connectivity index (χ4v) is 1.86. The van der Waals surface area contributed by atoms with Gasteiger partial charge in [-0.15, -0.1) is 11.6 Å². The Morgan fingerprint density at radius 1 is 1.33 bits per heavy atom. The van der Waals surface area contributed by atoms with Crippen LogP contribution in [0.3, 0.4) is 0 Å². The third-order valence-electron chi connectivity index (χ3n) is 2.56. The fourth-order valence-electron chi connectivity index (χ4n) is 1.65. The van der Waals surface area contributed by atoms with Crippen molar-refractivity contribution in [2.45, 2.75) is 5.88 Å². The molecule has 1 aromatic heterocycles. The Kier molecular flexibility index (Phi) is 3.67. The molecule has 0 radical (unpaired) electrons. The molecule has 5 heteroatoms. The number of hydrogen-bond donors (Lipinski definition) is 0. The Morgan fingerprint density at radius 2 is 2.00 bits per heavy atom. The lowest BCUT2D eigenvalue weighted by molar-refractivity contribution is 0.407. The Balaban J connectivity index is 2.61. The van der Waals surface area contributed by atoms with E-state index < -0.39 is 0 Å². The predicted molar refractivity (Wildman–Crippen MR) is 68.1 cm³/mol. The maximum atomic E-state index is 12.9. The number of ether oxygens (including phenoxy) is 1. The molecule has 2 rings (SSSR count). The molecule has 0 saturated carbocycles. The average Bonchev–Trinajstić information content (AvgIpc) is 2.39. The summed E-state index contributed by atoms with van der Waals surface area (Å²) in [6.45, 7) is 0. The average molecular weight is 268 g/mol. The highest BCUT2D eigenvalue weighted by atomic mass is 35.5. The Bertz CT molecular complexity index is 607. The molecule has 94 valence electrons. The fraction of sp³-hybridized carbons (Fsp3) is 0.154. The quantitative estimate of drug-likeness (QED) is 0.801. The summed E-state index contributed by atoms with van der Waals surface area (Å²) in [7, 11) is 1.42. The summed E-state index contributed by atoms with van der Waals surface area (Å²) in [5.74, 6) is 0.0729. The first-order chi connectivity index (χ1) is 8.65. The van der Waals surface area contributed by atoms with Gasteiger partial charge in [-0.1, -0.05) is 0 Å². The number of methoxy groups -OCH3 is 1. The summed E-state index contributed by atoms with van der Waals surface area (Å²) in [6, 6.07) is 7.32. The number of alkyl halides is 1. The Morgan fingerprint density at radius 3 is 2.56 bits per heavy atom. The van der Waals surface area contributed by atoms with Gasteiger partial charge in [-0.25, -0.2) is 4.39 Å². The molecule has 1 aromatic carbocycles. The SMILES string of the molecule is COc1cn(-c2ccc(F)cc2)c(CCl)cc1=O. The number of nitrogens with zero attached hydrogens (tertiary/aromatic N) is 1. The van der Waals surface area contributed by atoms with E-state index in [2.05, 4.69) is 0 Å². The van der Waals surface area contributed by atoms with Crippen molar-refractivity contribution in [2.24, 2.45) is 0 Å². The van der Waals surface area contributed by atoms with Gasteiger partial charge in [0, 0.05) is 17.4 Å². The van der Waals surface area contributed by atoms with Crippen molar-refractivity contribution in [3.63, 3.8) is 0 Å². The third kappa shape index (κ3) is 2.38. The summed E-state index contributed by atoms with van der Waals surface area (Å²) in [6.07, 6.45) is 1.55. The van der Waals surface area contributed by atoms with Crippen molar-refractivity contribution < 1.29 is 9.13 Å². The second-order valence-corrected chi connectivity index (χ2v) is 3.94. The largest absolute Gasteiger partial charge is 0.491 e. The zero-order valence-electron chi connectivity index (χ0n) is 9.69. The van der Waals surface area contributed by atoms with Crippen LogP contribution in [-0.2, 0) is 5.88 Å². The molecule has 18 heavy (non-hydrogen) atoms. The first kappa shape index (κ1) is 12.6. The van der Waals surface area contributed by atoms with Gasteiger partial charge in [0.1, 0.15) is 5.82 Å². The highest BCUT2D eigenvalue weighted by molar-refractivity contribution is 6.16. The number of halogens is 2. The van der Waals surface area contributed by atoms with Crippen molar-refractivity contribution in [3.05, 3.63) is 58.3 Å². The minimum atomic E-state index is -0.320. The minimum absolute atomic E-state index is 0.177. The molecule has 0 aliphatic heterocycles. The molecule has 0 N–H and O–H groups in total. The molecule has 3 nitrogen and oxygen atoms in total. The van der Waals surface area contributed by atoms with Crippen molar-refractivity contribution in [1.29, 1.82) is 0 Å². The molecule has 0 aliphatic carbocycles. The molecule has 0 aliphatic rings. The first-order valence-corrected chi connectivity index (χ1v) is 5.80. The summed E-state index contributed by atoms with van der Waals surface area (Å²) in [5.41, 5.74) is 1.10. The van der Waals surface area contributed by atoms with Crippen LogP contribution in [0.2, 0.25) is 0 Å². The van der Waals surface area contributed by atoms with Crippen LogP contribution in [-0.4, -0.2) is 11.7 Å². The minimum Gasteiger partial charge on any atom is -0.491 e. The van der Waals surface area contributed by atoms with E-state index in [-0.39, 0.29) is 22.9 Å². The second-order valence-electron chi connectivity index (χ2n) is 3.68. The zero-order chi connectivity index (χ0) is 13.1. The topological polar surface area (TPSA) is 31.2 Å². The number of aromatic nitrogens is 1. The van der Waals surface area contributed by atoms with Gasteiger partial charge in [-0.2, -0.15) is 0 Å². The van der Waals surface area contributed by atoms with Crippen molar-refractivity contribution >= 4 is 11.6 Å². The van der Waals surface area contributed by atoms with Gasteiger partial charge in [0.25, 0.3) is 0 Å². The lowest BCUT2D eigenvalue weighted by Crippen LogP contribution is -2.12. The number of pyridine rings is 1. The van der Waals surface area contributed by atoms with E-state index >= 15 is 0 Å². The normalized spacial score (nSPS) is 10.4. The van der Waals surface area contributed by atoms with Crippen molar-refractivity contribution in [1.82, 2.24) is 4.57 Å². The molecular formula is C13H11ClFNO2. The molecule has 0 bridgehead atoms. The summed E-state index contributed by atoms with van der Waals surface area (Å²) < 4.78 is 19.6. The van der Waals surface area contributed by atoms with Gasteiger partial charge in [0.2, 0.25) is 5.43 Å². The van der Waals surface area contributed by atoms with Crippen LogP contribution < -0.4 is 10.2 Å². The Hall–Kier alpha value is -1.81. The molecule has 0 fully saturated rings. The van der Waals surface area contributed by atoms with Crippen LogP contribution in [0.15, 0.2) is 41.3 Å². The summed E-state index contributed by atoms with van der Waals surface area (Å²) >= 11 is 5.81. The van der Waals surface area contributed by atoms with E-state index in [9.17, 15) is 9.18 Å². The number of rotatable bonds is 3. The molecule has 1 heterocycles. The van der Waals surface area contributed by atoms with Crippen LogP contribution in [0.4, 0.5) is 4.39 Å². The summed E-state index contributed by atoms with van der Waals surface area (Å²) in [4.78, 5) is 11.6. The van der Waals surface area contributed by atoms with Crippen molar-refractivity contribution in [2.75, 3.05) is 7.11 Å². The molecule has 0 atom stereocenters. The molecule has 0 unspecified atom stereocenters. The van der Waals surface area contributed by atoms with Gasteiger partial charge in [0.15, 0.2) is 5.75 Å². The first-order valence-electron chi connectivity index (χ1n) is 5.27. The van der Waals surface area contributed by atoms with E-state index in [1.807, 2.05) is 0 Å². The van der Waals surface area contributed by atoms with Crippen LogP contribution in [0.1, 0.15) is 5.69 Å². The number of hydrogen-bond acceptors (Lipinski definition) is 2. The van der Waals surface area contributed by atoms with Gasteiger partial charge in [0.05, 0.1) is 19.2 Å². The van der Waals surface area contributed by atoms with E-state index in [1.165, 1.54) is 25.3 Å². The molecule has 0 amide bonds. The third-order valence-corrected chi connectivity index (χ3v) is 2.83. The Labute approximate surface area is 108 Å². The second kappa shape index (κ2) is 5.23. The maximum absolute atomic E-state index is 12.9. The highest BCUT2D eigenvalue weighted by Gasteiger charge is 2.08. The molecular weight excluding hydrogens is 257 g/mol. The monoisotopic (exact) mass is 267 g/mol. The van der Waals surface area contributed by atoms with Crippen LogP contribution >= 0.6 is 11.6 Å². The molecule has 0 saturated heterocycles. The van der Waals surface area contributed by atoms with Gasteiger partial charge in [-0.05, 0) is 24.3 Å². The zero-order valence-corrected chi connectivity index (χ0v) is 10.4. The van der Waals surface area contributed by atoms with Crippen LogP contribution in [0.25, 0.3) is 5.69 Å². The maximum Gasteiger partial charge on any atom is 0.223 e. The van der Waals surface area contributed by atoms with Crippen LogP contribution in [0.5, 0.6) is 5.75 Å². The lowest BCUT2D eigenvalue weighted by Gasteiger charge is -2.13. The summed E-state index contributed by atoms with van der Waals surface area (Å²) in [5, 5.41) is 0. The molecule has 0 spiro atoms. The van der Waals surface area contributed by atoms with Crippen molar-refractivity contribution in [3.8, 4) is 11.4 Å². The molecule has 2 aromatic rings. The van der Waals surface area contributed by atoms with Gasteiger partial charge < -0.3 is 9.30 Å². The van der Waals surface area contributed by atoms with Gasteiger partial charge >= 0.3 is 0 Å². The van der Waals surface area contributed by atoms with E-state index in [1.54, 1.807) is 22.9 Å².